The molecular weight excluding hydrogens is 491 g/mol. The highest BCUT2D eigenvalue weighted by molar-refractivity contribution is 7.17. The van der Waals surface area contributed by atoms with Crippen molar-refractivity contribution in [1.82, 2.24) is 0 Å². The number of non-ortho nitro benzene ring substituents is 1. The van der Waals surface area contributed by atoms with Crippen LogP contribution in [0.5, 0.6) is 5.75 Å². The Balaban J connectivity index is 1.89. The Morgan fingerprint density at radius 2 is 1.85 bits per heavy atom. The summed E-state index contributed by atoms with van der Waals surface area (Å²) in [6, 6.07) is 10.4. The summed E-state index contributed by atoms with van der Waals surface area (Å²) in [5, 5.41) is 14.6. The fraction of sp³-hybridized carbons (Fsp3) is 0.182. The van der Waals surface area contributed by atoms with Crippen molar-refractivity contribution in [2.75, 3.05) is 18.5 Å². The van der Waals surface area contributed by atoms with Gasteiger partial charge in [0.25, 0.3) is 11.6 Å². The summed E-state index contributed by atoms with van der Waals surface area (Å²) in [6.45, 7) is 3.22. The van der Waals surface area contributed by atoms with E-state index in [2.05, 4.69) is 5.32 Å². The molecule has 0 fully saturated rings. The highest BCUT2D eigenvalue weighted by atomic mass is 35.5. The Kier molecular flexibility index (Phi) is 7.91. The molecule has 33 heavy (non-hydrogen) atoms. The average molecular weight is 509 g/mol. The molecular formula is C22H18Cl2N2O6S. The van der Waals surface area contributed by atoms with Crippen LogP contribution in [0.15, 0.2) is 42.5 Å². The summed E-state index contributed by atoms with van der Waals surface area (Å²) in [4.78, 5) is 36.5. The lowest BCUT2D eigenvalue weighted by atomic mass is 10.0. The summed E-state index contributed by atoms with van der Waals surface area (Å²) in [5.74, 6) is -0.892. The maximum absolute atomic E-state index is 12.8. The minimum absolute atomic E-state index is 0.0744. The molecule has 11 heteroatoms. The van der Waals surface area contributed by atoms with E-state index in [9.17, 15) is 19.7 Å². The number of anilines is 1. The number of nitro groups is 1. The molecule has 8 nitrogen and oxygen atoms in total. The molecule has 0 saturated carbocycles. The van der Waals surface area contributed by atoms with Crippen molar-refractivity contribution in [1.29, 1.82) is 0 Å². The van der Waals surface area contributed by atoms with Gasteiger partial charge in [0, 0.05) is 33.7 Å². The number of aryl methyl sites for hydroxylation is 1. The molecule has 3 aromatic rings. The van der Waals surface area contributed by atoms with E-state index in [1.165, 1.54) is 29.5 Å². The van der Waals surface area contributed by atoms with Crippen molar-refractivity contribution in [2.24, 2.45) is 0 Å². The number of hydrogen-bond acceptors (Lipinski definition) is 7. The SMILES string of the molecule is CCOC(=O)c1c(NC(=O)COc2cc(Cl)ccc2Cl)sc(C)c1-c1ccc([N+](=O)[O-])cc1. The summed E-state index contributed by atoms with van der Waals surface area (Å²) < 4.78 is 10.6. The van der Waals surface area contributed by atoms with E-state index in [0.717, 1.165) is 4.88 Å². The molecule has 0 aliphatic carbocycles. The number of nitrogens with zero attached hydrogens (tertiary/aromatic N) is 1. The Bertz CT molecular complexity index is 1210. The van der Waals surface area contributed by atoms with Crippen molar-refractivity contribution < 1.29 is 24.0 Å². The lowest BCUT2D eigenvalue weighted by Gasteiger charge is -2.10. The van der Waals surface area contributed by atoms with Gasteiger partial charge in [-0.15, -0.1) is 11.3 Å². The smallest absolute Gasteiger partial charge is 0.341 e. The number of thiophene rings is 1. The fourth-order valence-electron chi connectivity index (χ4n) is 3.02. The van der Waals surface area contributed by atoms with Crippen LogP contribution in [-0.2, 0) is 9.53 Å². The molecule has 1 aromatic heterocycles. The van der Waals surface area contributed by atoms with Crippen LogP contribution < -0.4 is 10.1 Å². The number of esters is 1. The predicted octanol–water partition coefficient (Wildman–Crippen LogP) is 6.13. The van der Waals surface area contributed by atoms with Gasteiger partial charge in [-0.05, 0) is 43.7 Å². The number of nitro benzene ring substituents is 1. The number of halogens is 2. The van der Waals surface area contributed by atoms with Gasteiger partial charge in [0.1, 0.15) is 16.3 Å². The van der Waals surface area contributed by atoms with E-state index in [-0.39, 0.29) is 35.2 Å². The first-order valence-corrected chi connectivity index (χ1v) is 11.2. The summed E-state index contributed by atoms with van der Waals surface area (Å²) in [7, 11) is 0. The second-order valence-corrected chi connectivity index (χ2v) is 8.74. The standard InChI is InChI=1S/C22H18Cl2N2O6S/c1-3-31-22(28)20-19(13-4-7-15(8-5-13)26(29)30)12(2)33-21(20)25-18(27)11-32-17-10-14(23)6-9-16(17)24/h4-10H,3,11H2,1-2H3,(H,25,27). The Morgan fingerprint density at radius 1 is 1.15 bits per heavy atom. The maximum Gasteiger partial charge on any atom is 0.341 e. The number of ether oxygens (including phenoxy) is 2. The van der Waals surface area contributed by atoms with Crippen LogP contribution in [0.1, 0.15) is 22.2 Å². The summed E-state index contributed by atoms with van der Waals surface area (Å²) in [6.07, 6.45) is 0. The fourth-order valence-corrected chi connectivity index (χ4v) is 4.44. The maximum atomic E-state index is 12.8. The van der Waals surface area contributed by atoms with Crippen LogP contribution in [0.4, 0.5) is 10.7 Å². The van der Waals surface area contributed by atoms with Gasteiger partial charge in [0.2, 0.25) is 0 Å². The topological polar surface area (TPSA) is 108 Å². The third-order valence-electron chi connectivity index (χ3n) is 4.44. The monoisotopic (exact) mass is 508 g/mol. The lowest BCUT2D eigenvalue weighted by molar-refractivity contribution is -0.384. The molecule has 172 valence electrons. The molecule has 0 bridgehead atoms. The quantitative estimate of drug-likeness (QED) is 0.222. The third kappa shape index (κ3) is 5.81. The summed E-state index contributed by atoms with van der Waals surface area (Å²) in [5.41, 5.74) is 1.21. The zero-order chi connectivity index (χ0) is 24.1. The van der Waals surface area contributed by atoms with Crippen molar-refractivity contribution in [3.63, 3.8) is 0 Å². The zero-order valence-electron chi connectivity index (χ0n) is 17.5. The molecule has 0 spiro atoms. The lowest BCUT2D eigenvalue weighted by Crippen LogP contribution is -2.21. The first-order valence-electron chi connectivity index (χ1n) is 9.64. The van der Waals surface area contributed by atoms with Gasteiger partial charge in [0.15, 0.2) is 6.61 Å². The van der Waals surface area contributed by atoms with Gasteiger partial charge in [-0.1, -0.05) is 23.2 Å². The number of hydrogen-bond donors (Lipinski definition) is 1. The second-order valence-electron chi connectivity index (χ2n) is 6.67. The van der Waals surface area contributed by atoms with Crippen LogP contribution in [-0.4, -0.2) is 30.0 Å². The second kappa shape index (κ2) is 10.7. The zero-order valence-corrected chi connectivity index (χ0v) is 19.8. The van der Waals surface area contributed by atoms with Gasteiger partial charge in [-0.25, -0.2) is 4.79 Å². The Hall–Kier alpha value is -3.14. The third-order valence-corrected chi connectivity index (χ3v) is 6.00. The largest absolute Gasteiger partial charge is 0.482 e. The minimum Gasteiger partial charge on any atom is -0.482 e. The Labute approximate surface area is 203 Å². The van der Waals surface area contributed by atoms with Crippen LogP contribution in [0.3, 0.4) is 0 Å². The average Bonchev–Trinajstić information content (AvgIpc) is 3.10. The van der Waals surface area contributed by atoms with Crippen molar-refractivity contribution >= 4 is 57.1 Å². The van der Waals surface area contributed by atoms with Gasteiger partial charge in [-0.2, -0.15) is 0 Å². The number of carbonyl (C=O) groups excluding carboxylic acids is 2. The summed E-state index contributed by atoms with van der Waals surface area (Å²) >= 11 is 13.2. The van der Waals surface area contributed by atoms with Gasteiger partial charge in [0.05, 0.1) is 16.6 Å². The molecule has 1 amide bonds. The van der Waals surface area contributed by atoms with E-state index in [4.69, 9.17) is 32.7 Å². The molecule has 0 unspecified atom stereocenters. The highest BCUT2D eigenvalue weighted by Gasteiger charge is 2.26. The molecule has 0 aliphatic heterocycles. The first kappa shape index (κ1) is 24.5. The van der Waals surface area contributed by atoms with Gasteiger partial charge in [-0.3, -0.25) is 14.9 Å². The first-order chi connectivity index (χ1) is 15.7. The molecule has 1 heterocycles. The molecule has 1 N–H and O–H groups in total. The van der Waals surface area contributed by atoms with Crippen LogP contribution >= 0.6 is 34.5 Å². The van der Waals surface area contributed by atoms with E-state index in [1.54, 1.807) is 38.1 Å². The van der Waals surface area contributed by atoms with Crippen molar-refractivity contribution in [2.45, 2.75) is 13.8 Å². The van der Waals surface area contributed by atoms with Crippen LogP contribution in [0, 0.1) is 17.0 Å². The molecule has 0 aliphatic rings. The van der Waals surface area contributed by atoms with E-state index < -0.39 is 16.8 Å². The number of carbonyl (C=O) groups is 2. The van der Waals surface area contributed by atoms with Crippen molar-refractivity contribution in [3.8, 4) is 16.9 Å². The van der Waals surface area contributed by atoms with Gasteiger partial charge >= 0.3 is 5.97 Å². The normalized spacial score (nSPS) is 10.5. The highest BCUT2D eigenvalue weighted by Crippen LogP contribution is 2.41. The number of benzene rings is 2. The minimum atomic E-state index is -0.621. The molecule has 3 rings (SSSR count). The van der Waals surface area contributed by atoms with Crippen LogP contribution in [0.25, 0.3) is 11.1 Å². The number of nitrogens with one attached hydrogen (secondary N) is 1. The Morgan fingerprint density at radius 3 is 2.48 bits per heavy atom. The molecule has 0 saturated heterocycles. The van der Waals surface area contributed by atoms with Gasteiger partial charge < -0.3 is 14.8 Å². The van der Waals surface area contributed by atoms with E-state index in [1.807, 2.05) is 0 Å². The molecule has 2 aromatic carbocycles. The number of amides is 1. The van der Waals surface area contributed by atoms with Crippen molar-refractivity contribution in [3.05, 3.63) is 73.1 Å². The van der Waals surface area contributed by atoms with E-state index >= 15 is 0 Å². The van der Waals surface area contributed by atoms with Crippen LogP contribution in [0.2, 0.25) is 10.0 Å². The molecule has 0 radical (unpaired) electrons. The predicted molar refractivity (Wildman–Crippen MR) is 128 cm³/mol. The molecule has 0 atom stereocenters. The number of rotatable bonds is 8. The van der Waals surface area contributed by atoms with E-state index in [0.29, 0.717) is 21.2 Å².